The molecule has 2 aromatic rings. The van der Waals surface area contributed by atoms with Gasteiger partial charge in [-0.3, -0.25) is 4.98 Å². The molecular weight excluding hydrogens is 198 g/mol. The Labute approximate surface area is 87.3 Å². The smallest absolute Gasteiger partial charge is 0.0831 e. The van der Waals surface area contributed by atoms with E-state index in [2.05, 4.69) is 10.1 Å². The molecule has 0 atom stereocenters. The molecule has 0 aliphatic carbocycles. The lowest BCUT2D eigenvalue weighted by Gasteiger charge is -2.03. The average molecular weight is 208 g/mol. The van der Waals surface area contributed by atoms with Gasteiger partial charge in [0, 0.05) is 17.5 Å². The molecule has 0 saturated heterocycles. The molecule has 0 aliphatic heterocycles. The topological polar surface area (TPSA) is 30.7 Å². The van der Waals surface area contributed by atoms with Crippen LogP contribution in [0.25, 0.3) is 5.69 Å². The molecule has 0 radical (unpaired) electrons. The van der Waals surface area contributed by atoms with Crippen LogP contribution in [0.3, 0.4) is 0 Å². The van der Waals surface area contributed by atoms with E-state index in [0.717, 1.165) is 16.9 Å². The van der Waals surface area contributed by atoms with E-state index >= 15 is 0 Å². The fourth-order valence-electron chi connectivity index (χ4n) is 1.31. The Balaban J connectivity index is 2.48. The highest BCUT2D eigenvalue weighted by molar-refractivity contribution is 6.17. The van der Waals surface area contributed by atoms with Crippen molar-refractivity contribution in [2.75, 3.05) is 0 Å². The molecule has 4 heteroatoms. The van der Waals surface area contributed by atoms with E-state index in [0.29, 0.717) is 5.88 Å². The van der Waals surface area contributed by atoms with Crippen LogP contribution in [-0.4, -0.2) is 14.8 Å². The largest absolute Gasteiger partial charge is 0.262 e. The van der Waals surface area contributed by atoms with Gasteiger partial charge < -0.3 is 0 Å². The van der Waals surface area contributed by atoms with Crippen LogP contribution in [0.4, 0.5) is 0 Å². The van der Waals surface area contributed by atoms with Gasteiger partial charge in [0.2, 0.25) is 0 Å². The van der Waals surface area contributed by atoms with E-state index in [1.54, 1.807) is 18.6 Å². The van der Waals surface area contributed by atoms with Gasteiger partial charge in [0.05, 0.1) is 24.0 Å². The first-order valence-electron chi connectivity index (χ1n) is 4.33. The minimum Gasteiger partial charge on any atom is -0.262 e. The van der Waals surface area contributed by atoms with Gasteiger partial charge in [-0.05, 0) is 19.1 Å². The first-order chi connectivity index (χ1) is 6.83. The Hall–Kier alpha value is -1.35. The second-order valence-corrected chi connectivity index (χ2v) is 3.28. The van der Waals surface area contributed by atoms with Gasteiger partial charge in [0.1, 0.15) is 0 Å². The van der Waals surface area contributed by atoms with Crippen molar-refractivity contribution in [1.82, 2.24) is 14.8 Å². The normalized spacial score (nSPS) is 10.4. The molecule has 0 aliphatic rings. The van der Waals surface area contributed by atoms with Gasteiger partial charge >= 0.3 is 0 Å². The van der Waals surface area contributed by atoms with Gasteiger partial charge in [0.25, 0.3) is 0 Å². The maximum absolute atomic E-state index is 5.76. The highest BCUT2D eigenvalue weighted by Gasteiger charge is 2.06. The lowest BCUT2D eigenvalue weighted by molar-refractivity contribution is 0.840. The summed E-state index contributed by atoms with van der Waals surface area (Å²) in [5.74, 6) is 0.492. The van der Waals surface area contributed by atoms with Crippen LogP contribution < -0.4 is 0 Å². The van der Waals surface area contributed by atoms with Crippen LogP contribution in [0.5, 0.6) is 0 Å². The van der Waals surface area contributed by atoms with Gasteiger partial charge in [-0.1, -0.05) is 0 Å². The van der Waals surface area contributed by atoms with Gasteiger partial charge in [-0.2, -0.15) is 5.10 Å². The predicted molar refractivity (Wildman–Crippen MR) is 55.7 cm³/mol. The molecule has 2 rings (SSSR count). The van der Waals surface area contributed by atoms with Crippen molar-refractivity contribution in [3.8, 4) is 5.69 Å². The Kier molecular flexibility index (Phi) is 2.50. The number of nitrogens with zero attached hydrogens (tertiary/aromatic N) is 3. The molecule has 0 amide bonds. The quantitative estimate of drug-likeness (QED) is 0.708. The van der Waals surface area contributed by atoms with Crippen molar-refractivity contribution in [3.63, 3.8) is 0 Å². The zero-order valence-electron chi connectivity index (χ0n) is 7.81. The molecule has 0 N–H and O–H groups in total. The number of aromatic nitrogens is 3. The molecule has 0 aromatic carbocycles. The summed E-state index contributed by atoms with van der Waals surface area (Å²) in [7, 11) is 0. The molecule has 0 spiro atoms. The summed E-state index contributed by atoms with van der Waals surface area (Å²) in [6.45, 7) is 2.00. The first kappa shape index (κ1) is 9.21. The summed E-state index contributed by atoms with van der Waals surface area (Å²) < 4.78 is 1.84. The molecule has 0 bridgehead atoms. The number of pyridine rings is 1. The fourth-order valence-corrected chi connectivity index (χ4v) is 1.58. The van der Waals surface area contributed by atoms with Crippen molar-refractivity contribution >= 4 is 11.6 Å². The second kappa shape index (κ2) is 3.80. The van der Waals surface area contributed by atoms with E-state index in [-0.39, 0.29) is 0 Å². The van der Waals surface area contributed by atoms with E-state index in [4.69, 9.17) is 11.6 Å². The minimum atomic E-state index is 0.492. The monoisotopic (exact) mass is 207 g/mol. The number of alkyl halides is 1. The highest BCUT2D eigenvalue weighted by atomic mass is 35.5. The molecule has 3 nitrogen and oxygen atoms in total. The summed E-state index contributed by atoms with van der Waals surface area (Å²) in [4.78, 5) is 4.04. The standard InChI is InChI=1S/C10H10ClN3/c1-8-9(5-11)6-13-14(8)10-3-2-4-12-7-10/h2-4,6-7H,5H2,1H3. The van der Waals surface area contributed by atoms with Crippen molar-refractivity contribution in [1.29, 1.82) is 0 Å². The Bertz CT molecular complexity index is 422. The van der Waals surface area contributed by atoms with E-state index in [9.17, 15) is 0 Å². The predicted octanol–water partition coefficient (Wildman–Crippen LogP) is 2.31. The Morgan fingerprint density at radius 2 is 2.29 bits per heavy atom. The molecular formula is C10H10ClN3. The fraction of sp³-hybridized carbons (Fsp3) is 0.200. The van der Waals surface area contributed by atoms with Gasteiger partial charge in [-0.15, -0.1) is 11.6 Å². The van der Waals surface area contributed by atoms with Gasteiger partial charge in [-0.25, -0.2) is 4.68 Å². The average Bonchev–Trinajstić information content (AvgIpc) is 2.61. The van der Waals surface area contributed by atoms with Crippen LogP contribution in [0.2, 0.25) is 0 Å². The zero-order valence-corrected chi connectivity index (χ0v) is 8.57. The van der Waals surface area contributed by atoms with Crippen LogP contribution >= 0.6 is 11.6 Å². The van der Waals surface area contributed by atoms with Crippen molar-refractivity contribution < 1.29 is 0 Å². The molecule has 14 heavy (non-hydrogen) atoms. The Morgan fingerprint density at radius 3 is 2.86 bits per heavy atom. The number of hydrogen-bond acceptors (Lipinski definition) is 2. The number of hydrogen-bond donors (Lipinski definition) is 0. The van der Waals surface area contributed by atoms with Crippen LogP contribution in [-0.2, 0) is 5.88 Å². The van der Waals surface area contributed by atoms with Crippen molar-refractivity contribution in [2.45, 2.75) is 12.8 Å². The minimum absolute atomic E-state index is 0.492. The molecule has 0 fully saturated rings. The van der Waals surface area contributed by atoms with Gasteiger partial charge in [0.15, 0.2) is 0 Å². The van der Waals surface area contributed by atoms with Crippen LogP contribution in [0.1, 0.15) is 11.3 Å². The highest BCUT2D eigenvalue weighted by Crippen LogP contribution is 2.14. The lowest BCUT2D eigenvalue weighted by atomic mass is 10.3. The first-order valence-corrected chi connectivity index (χ1v) is 4.86. The third kappa shape index (κ3) is 1.51. The lowest BCUT2D eigenvalue weighted by Crippen LogP contribution is -1.99. The third-order valence-corrected chi connectivity index (χ3v) is 2.43. The summed E-state index contributed by atoms with van der Waals surface area (Å²) in [6, 6.07) is 3.85. The third-order valence-electron chi connectivity index (χ3n) is 2.15. The van der Waals surface area contributed by atoms with Crippen molar-refractivity contribution in [3.05, 3.63) is 42.0 Å². The van der Waals surface area contributed by atoms with Crippen molar-refractivity contribution in [2.24, 2.45) is 0 Å². The van der Waals surface area contributed by atoms with Crippen LogP contribution in [0, 0.1) is 6.92 Å². The molecule has 72 valence electrons. The zero-order chi connectivity index (χ0) is 9.97. The van der Waals surface area contributed by atoms with E-state index in [1.165, 1.54) is 0 Å². The summed E-state index contributed by atoms with van der Waals surface area (Å²) in [6.07, 6.45) is 5.30. The summed E-state index contributed by atoms with van der Waals surface area (Å²) >= 11 is 5.76. The maximum Gasteiger partial charge on any atom is 0.0831 e. The summed E-state index contributed by atoms with van der Waals surface area (Å²) in [5, 5.41) is 4.25. The van der Waals surface area contributed by atoms with E-state index in [1.807, 2.05) is 23.7 Å². The molecule has 0 saturated carbocycles. The molecule has 0 unspecified atom stereocenters. The van der Waals surface area contributed by atoms with E-state index < -0.39 is 0 Å². The number of halogens is 1. The Morgan fingerprint density at radius 1 is 1.43 bits per heavy atom. The molecule has 2 aromatic heterocycles. The van der Waals surface area contributed by atoms with Crippen LogP contribution in [0.15, 0.2) is 30.7 Å². The number of rotatable bonds is 2. The molecule has 2 heterocycles. The SMILES string of the molecule is Cc1c(CCl)cnn1-c1cccnc1. The maximum atomic E-state index is 5.76. The summed E-state index contributed by atoms with van der Waals surface area (Å²) in [5.41, 5.74) is 3.07. The second-order valence-electron chi connectivity index (χ2n) is 3.01.